The van der Waals surface area contributed by atoms with Gasteiger partial charge in [-0.2, -0.15) is 0 Å². The number of halogens is 3. The molecule has 2 rings (SSSR count). The first-order chi connectivity index (χ1) is 8.50. The van der Waals surface area contributed by atoms with Gasteiger partial charge in [-0.15, -0.1) is 0 Å². The van der Waals surface area contributed by atoms with Gasteiger partial charge in [0.15, 0.2) is 0 Å². The molecule has 4 heteroatoms. The molecule has 2 N–H and O–H groups in total. The quantitative estimate of drug-likeness (QED) is 0.799. The summed E-state index contributed by atoms with van der Waals surface area (Å²) in [7, 11) is 0. The molecule has 0 heterocycles. The molecule has 0 amide bonds. The van der Waals surface area contributed by atoms with Gasteiger partial charge in [0.05, 0.1) is 4.47 Å². The largest absolute Gasteiger partial charge is 0.321 e. The summed E-state index contributed by atoms with van der Waals surface area (Å²) in [5.74, 6) is -0.930. The summed E-state index contributed by atoms with van der Waals surface area (Å²) in [6.07, 6.45) is 4.46. The van der Waals surface area contributed by atoms with E-state index in [9.17, 15) is 8.78 Å². The molecule has 100 valence electrons. The van der Waals surface area contributed by atoms with E-state index in [1.165, 1.54) is 12.1 Å². The Kier molecular flexibility index (Phi) is 4.07. The first-order valence-corrected chi connectivity index (χ1v) is 7.23. The van der Waals surface area contributed by atoms with Crippen LogP contribution in [0.5, 0.6) is 0 Å². The van der Waals surface area contributed by atoms with E-state index in [2.05, 4.69) is 15.9 Å². The van der Waals surface area contributed by atoms with Gasteiger partial charge < -0.3 is 5.73 Å². The van der Waals surface area contributed by atoms with Crippen molar-refractivity contribution < 1.29 is 8.78 Å². The van der Waals surface area contributed by atoms with Crippen LogP contribution < -0.4 is 5.73 Å². The number of benzene rings is 1. The normalized spacial score (nSPS) is 28.4. The van der Waals surface area contributed by atoms with Crippen LogP contribution in [0.25, 0.3) is 0 Å². The first-order valence-electron chi connectivity index (χ1n) is 6.43. The van der Waals surface area contributed by atoms with E-state index in [1.54, 1.807) is 0 Å². The standard InChI is InChI=1S/C14H18BrF2N/c1-2-9-5-3-4-8-14(9,18)12-11(16)7-6-10(15)13(12)17/h6-7,9H,2-5,8,18H2,1H3. The second-order valence-electron chi connectivity index (χ2n) is 5.11. The molecule has 0 saturated heterocycles. The Balaban J connectivity index is 2.54. The Morgan fingerprint density at radius 2 is 2.11 bits per heavy atom. The molecule has 1 fully saturated rings. The minimum Gasteiger partial charge on any atom is -0.321 e. The van der Waals surface area contributed by atoms with Crippen molar-refractivity contribution in [2.75, 3.05) is 0 Å². The molecule has 1 aliphatic rings. The molecule has 2 atom stereocenters. The minimum atomic E-state index is -0.870. The van der Waals surface area contributed by atoms with Crippen molar-refractivity contribution in [3.8, 4) is 0 Å². The summed E-state index contributed by atoms with van der Waals surface area (Å²) >= 11 is 3.12. The van der Waals surface area contributed by atoms with Crippen LogP contribution in [-0.2, 0) is 5.54 Å². The molecule has 1 nitrogen and oxygen atoms in total. The van der Waals surface area contributed by atoms with Crippen LogP contribution in [-0.4, -0.2) is 0 Å². The molecular formula is C14H18BrF2N. The van der Waals surface area contributed by atoms with Crippen molar-refractivity contribution in [1.82, 2.24) is 0 Å². The molecule has 1 aliphatic carbocycles. The second kappa shape index (κ2) is 5.25. The van der Waals surface area contributed by atoms with E-state index >= 15 is 0 Å². The Labute approximate surface area is 115 Å². The highest BCUT2D eigenvalue weighted by Crippen LogP contribution is 2.44. The smallest absolute Gasteiger partial charge is 0.145 e. The van der Waals surface area contributed by atoms with Crippen LogP contribution in [0.4, 0.5) is 8.78 Å². The number of hydrogen-bond acceptors (Lipinski definition) is 1. The maximum absolute atomic E-state index is 14.2. The van der Waals surface area contributed by atoms with Crippen LogP contribution in [0.2, 0.25) is 0 Å². The monoisotopic (exact) mass is 317 g/mol. The molecule has 0 bridgehead atoms. The van der Waals surface area contributed by atoms with Gasteiger partial charge in [-0.05, 0) is 46.8 Å². The fourth-order valence-corrected chi connectivity index (χ4v) is 3.45. The first kappa shape index (κ1) is 13.9. The van der Waals surface area contributed by atoms with Gasteiger partial charge in [-0.1, -0.05) is 26.2 Å². The zero-order valence-electron chi connectivity index (χ0n) is 10.5. The highest BCUT2D eigenvalue weighted by molar-refractivity contribution is 9.10. The van der Waals surface area contributed by atoms with Crippen LogP contribution in [0.3, 0.4) is 0 Å². The molecule has 0 radical (unpaired) electrons. The maximum atomic E-state index is 14.2. The molecular weight excluding hydrogens is 300 g/mol. The van der Waals surface area contributed by atoms with Crippen molar-refractivity contribution in [1.29, 1.82) is 0 Å². The lowest BCUT2D eigenvalue weighted by molar-refractivity contribution is 0.173. The Bertz CT molecular complexity index is 450. The fraction of sp³-hybridized carbons (Fsp3) is 0.571. The average Bonchev–Trinajstić information content (AvgIpc) is 2.35. The van der Waals surface area contributed by atoms with E-state index in [0.29, 0.717) is 6.42 Å². The summed E-state index contributed by atoms with van der Waals surface area (Å²) in [5.41, 5.74) is 5.59. The van der Waals surface area contributed by atoms with Crippen LogP contribution in [0.1, 0.15) is 44.6 Å². The molecule has 1 saturated carbocycles. The third kappa shape index (κ3) is 2.21. The number of nitrogens with two attached hydrogens (primary N) is 1. The van der Waals surface area contributed by atoms with Gasteiger partial charge in [-0.25, -0.2) is 8.78 Å². The number of rotatable bonds is 2. The predicted molar refractivity (Wildman–Crippen MR) is 72.2 cm³/mol. The van der Waals surface area contributed by atoms with Gasteiger partial charge in [0, 0.05) is 11.1 Å². The van der Waals surface area contributed by atoms with Gasteiger partial charge in [0.2, 0.25) is 0 Å². The number of hydrogen-bond donors (Lipinski definition) is 1. The van der Waals surface area contributed by atoms with Crippen LogP contribution in [0.15, 0.2) is 16.6 Å². The van der Waals surface area contributed by atoms with E-state index in [1.807, 2.05) is 6.92 Å². The topological polar surface area (TPSA) is 26.0 Å². The van der Waals surface area contributed by atoms with Crippen LogP contribution in [0, 0.1) is 17.6 Å². The lowest BCUT2D eigenvalue weighted by Gasteiger charge is -2.41. The lowest BCUT2D eigenvalue weighted by Crippen LogP contribution is -2.47. The Morgan fingerprint density at radius 3 is 2.78 bits per heavy atom. The molecule has 0 aliphatic heterocycles. The second-order valence-corrected chi connectivity index (χ2v) is 5.96. The predicted octanol–water partition coefficient (Wildman–Crippen LogP) is 4.48. The third-order valence-electron chi connectivity index (χ3n) is 4.12. The molecule has 1 aromatic rings. The maximum Gasteiger partial charge on any atom is 0.145 e. The zero-order valence-corrected chi connectivity index (χ0v) is 12.1. The average molecular weight is 318 g/mol. The summed E-state index contributed by atoms with van der Waals surface area (Å²) in [4.78, 5) is 0. The molecule has 0 aromatic heterocycles. The summed E-state index contributed by atoms with van der Waals surface area (Å²) in [5, 5.41) is 0. The Morgan fingerprint density at radius 1 is 1.39 bits per heavy atom. The molecule has 2 unspecified atom stereocenters. The van der Waals surface area contributed by atoms with Crippen LogP contribution >= 0.6 is 15.9 Å². The SMILES string of the molecule is CCC1CCCCC1(N)c1c(F)ccc(Br)c1F. The van der Waals surface area contributed by atoms with Crippen molar-refractivity contribution >= 4 is 15.9 Å². The van der Waals surface area contributed by atoms with Crippen molar-refractivity contribution in [3.63, 3.8) is 0 Å². The van der Waals surface area contributed by atoms with Crippen molar-refractivity contribution in [2.45, 2.75) is 44.6 Å². The van der Waals surface area contributed by atoms with E-state index in [0.717, 1.165) is 25.7 Å². The molecule has 0 spiro atoms. The van der Waals surface area contributed by atoms with Crippen molar-refractivity contribution in [3.05, 3.63) is 33.8 Å². The van der Waals surface area contributed by atoms with E-state index in [4.69, 9.17) is 5.73 Å². The van der Waals surface area contributed by atoms with Crippen molar-refractivity contribution in [2.24, 2.45) is 11.7 Å². The lowest BCUT2D eigenvalue weighted by atomic mass is 9.68. The van der Waals surface area contributed by atoms with Gasteiger partial charge >= 0.3 is 0 Å². The van der Waals surface area contributed by atoms with Gasteiger partial charge in [-0.3, -0.25) is 0 Å². The fourth-order valence-electron chi connectivity index (χ4n) is 3.12. The van der Waals surface area contributed by atoms with E-state index < -0.39 is 17.2 Å². The van der Waals surface area contributed by atoms with E-state index in [-0.39, 0.29) is 16.0 Å². The highest BCUT2D eigenvalue weighted by Gasteiger charge is 2.41. The molecule has 18 heavy (non-hydrogen) atoms. The summed E-state index contributed by atoms with van der Waals surface area (Å²) < 4.78 is 28.5. The minimum absolute atomic E-state index is 0.0587. The Hall–Kier alpha value is -0.480. The van der Waals surface area contributed by atoms with Gasteiger partial charge in [0.1, 0.15) is 11.6 Å². The summed E-state index contributed by atoms with van der Waals surface area (Å²) in [6.45, 7) is 2.03. The van der Waals surface area contributed by atoms with Gasteiger partial charge in [0.25, 0.3) is 0 Å². The third-order valence-corrected chi connectivity index (χ3v) is 4.74. The highest BCUT2D eigenvalue weighted by atomic mass is 79.9. The molecule has 1 aromatic carbocycles. The summed E-state index contributed by atoms with van der Waals surface area (Å²) in [6, 6.07) is 2.68. The zero-order chi connectivity index (χ0) is 13.3.